The molecule has 5 nitrogen and oxygen atoms in total. The van der Waals surface area contributed by atoms with Crippen LogP contribution in [0.15, 0.2) is 22.6 Å². The zero-order chi connectivity index (χ0) is 14.7. The van der Waals surface area contributed by atoms with Crippen LogP contribution in [0.2, 0.25) is 0 Å². The summed E-state index contributed by atoms with van der Waals surface area (Å²) in [6.07, 6.45) is 5.15. The maximum absolute atomic E-state index is 5.74. The number of oxazole rings is 1. The molecule has 0 amide bonds. The van der Waals surface area contributed by atoms with E-state index in [1.165, 1.54) is 25.8 Å². The van der Waals surface area contributed by atoms with Crippen LogP contribution in [0, 0.1) is 0 Å². The van der Waals surface area contributed by atoms with Crippen molar-refractivity contribution >= 4 is 22.8 Å². The summed E-state index contributed by atoms with van der Waals surface area (Å²) in [6.45, 7) is 5.59. The van der Waals surface area contributed by atoms with Gasteiger partial charge in [-0.1, -0.05) is 6.42 Å². The monoisotopic (exact) mass is 288 g/mol. The highest BCUT2D eigenvalue weighted by Crippen LogP contribution is 2.21. The summed E-state index contributed by atoms with van der Waals surface area (Å²) >= 11 is 0. The van der Waals surface area contributed by atoms with Gasteiger partial charge in [0.2, 0.25) is 0 Å². The molecule has 1 unspecified atom stereocenters. The highest BCUT2D eigenvalue weighted by atomic mass is 16.4. The molecule has 0 saturated carbocycles. The van der Waals surface area contributed by atoms with Gasteiger partial charge in [-0.05, 0) is 44.9 Å². The van der Waals surface area contributed by atoms with E-state index in [-0.39, 0.29) is 0 Å². The van der Waals surface area contributed by atoms with Gasteiger partial charge >= 0.3 is 0 Å². The van der Waals surface area contributed by atoms with Crippen molar-refractivity contribution in [2.24, 2.45) is 0 Å². The van der Waals surface area contributed by atoms with Gasteiger partial charge in [0.25, 0.3) is 6.01 Å². The van der Waals surface area contributed by atoms with Crippen molar-refractivity contribution in [3.8, 4) is 0 Å². The number of likely N-dealkylation sites (tertiary alicyclic amines) is 1. The van der Waals surface area contributed by atoms with Gasteiger partial charge in [-0.3, -0.25) is 0 Å². The molecular weight excluding hydrogens is 264 g/mol. The maximum Gasteiger partial charge on any atom is 0.295 e. The molecule has 2 aromatic rings. The van der Waals surface area contributed by atoms with Gasteiger partial charge in [0.15, 0.2) is 5.58 Å². The first-order valence-corrected chi connectivity index (χ1v) is 7.86. The van der Waals surface area contributed by atoms with Gasteiger partial charge in [-0.2, -0.15) is 4.98 Å². The van der Waals surface area contributed by atoms with Crippen LogP contribution < -0.4 is 11.1 Å². The van der Waals surface area contributed by atoms with Crippen molar-refractivity contribution in [1.82, 2.24) is 9.88 Å². The molecule has 1 aromatic heterocycles. The topological polar surface area (TPSA) is 67.3 Å². The molecule has 0 aliphatic carbocycles. The first-order valence-electron chi connectivity index (χ1n) is 7.86. The SMILES string of the molecule is CC1CCCCN1CCCNc1nc2ccc(N)cc2o1. The predicted octanol–water partition coefficient (Wildman–Crippen LogP) is 3.09. The molecule has 1 saturated heterocycles. The van der Waals surface area contributed by atoms with Gasteiger partial charge < -0.3 is 20.4 Å². The number of nitrogen functional groups attached to an aromatic ring is 1. The number of anilines is 2. The second kappa shape index (κ2) is 6.35. The largest absolute Gasteiger partial charge is 0.423 e. The summed E-state index contributed by atoms with van der Waals surface area (Å²) in [6, 6.07) is 6.85. The number of rotatable bonds is 5. The van der Waals surface area contributed by atoms with Crippen molar-refractivity contribution in [2.75, 3.05) is 30.7 Å². The van der Waals surface area contributed by atoms with Gasteiger partial charge in [0.1, 0.15) is 5.52 Å². The van der Waals surface area contributed by atoms with E-state index in [0.29, 0.717) is 11.7 Å². The van der Waals surface area contributed by atoms with E-state index in [0.717, 1.165) is 36.7 Å². The smallest absolute Gasteiger partial charge is 0.295 e. The average Bonchev–Trinajstić information content (AvgIpc) is 2.87. The molecule has 1 aliphatic heterocycles. The first-order chi connectivity index (χ1) is 10.2. The maximum atomic E-state index is 5.74. The second-order valence-electron chi connectivity index (χ2n) is 5.91. The average molecular weight is 288 g/mol. The van der Waals surface area contributed by atoms with Crippen LogP contribution in [-0.2, 0) is 0 Å². The Bertz CT molecular complexity index is 595. The van der Waals surface area contributed by atoms with Crippen LogP contribution in [0.4, 0.5) is 11.7 Å². The first kappa shape index (κ1) is 14.2. The van der Waals surface area contributed by atoms with Crippen molar-refractivity contribution in [1.29, 1.82) is 0 Å². The molecule has 114 valence electrons. The molecule has 1 aliphatic rings. The van der Waals surface area contributed by atoms with Gasteiger partial charge in [-0.25, -0.2) is 0 Å². The molecule has 3 rings (SSSR count). The molecule has 1 atom stereocenters. The molecule has 2 heterocycles. The second-order valence-corrected chi connectivity index (χ2v) is 5.91. The Kier molecular flexibility index (Phi) is 4.29. The fraction of sp³-hybridized carbons (Fsp3) is 0.562. The van der Waals surface area contributed by atoms with Gasteiger partial charge in [0, 0.05) is 30.9 Å². The highest BCUT2D eigenvalue weighted by Gasteiger charge is 2.17. The fourth-order valence-electron chi connectivity index (χ4n) is 2.98. The zero-order valence-electron chi connectivity index (χ0n) is 12.6. The molecule has 3 N–H and O–H groups in total. The third-order valence-electron chi connectivity index (χ3n) is 4.25. The minimum absolute atomic E-state index is 0.585. The molecule has 0 bridgehead atoms. The minimum Gasteiger partial charge on any atom is -0.423 e. The van der Waals surface area contributed by atoms with Crippen LogP contribution in [-0.4, -0.2) is 35.6 Å². The quantitative estimate of drug-likeness (QED) is 0.653. The number of aromatic nitrogens is 1. The third kappa shape index (κ3) is 3.47. The third-order valence-corrected chi connectivity index (χ3v) is 4.25. The Balaban J connectivity index is 1.48. The predicted molar refractivity (Wildman–Crippen MR) is 86.4 cm³/mol. The molecular formula is C16H24N4O. The van der Waals surface area contributed by atoms with Crippen LogP contribution in [0.1, 0.15) is 32.6 Å². The lowest BCUT2D eigenvalue weighted by molar-refractivity contribution is 0.160. The van der Waals surface area contributed by atoms with E-state index in [1.807, 2.05) is 18.2 Å². The lowest BCUT2D eigenvalue weighted by Gasteiger charge is -2.33. The Morgan fingerprint density at radius 3 is 3.19 bits per heavy atom. The van der Waals surface area contributed by atoms with E-state index < -0.39 is 0 Å². The molecule has 0 spiro atoms. The minimum atomic E-state index is 0.585. The van der Waals surface area contributed by atoms with Crippen molar-refractivity contribution < 1.29 is 4.42 Å². The number of fused-ring (bicyclic) bond motifs is 1. The lowest BCUT2D eigenvalue weighted by atomic mass is 10.0. The number of piperidine rings is 1. The number of nitrogens with two attached hydrogens (primary N) is 1. The van der Waals surface area contributed by atoms with Gasteiger partial charge in [-0.15, -0.1) is 0 Å². The highest BCUT2D eigenvalue weighted by molar-refractivity contribution is 5.78. The number of hydrogen-bond donors (Lipinski definition) is 2. The Hall–Kier alpha value is -1.75. The lowest BCUT2D eigenvalue weighted by Crippen LogP contribution is -2.38. The van der Waals surface area contributed by atoms with E-state index >= 15 is 0 Å². The summed E-state index contributed by atoms with van der Waals surface area (Å²) in [4.78, 5) is 6.99. The summed E-state index contributed by atoms with van der Waals surface area (Å²) in [5.41, 5.74) is 8.02. The Morgan fingerprint density at radius 1 is 1.43 bits per heavy atom. The normalized spacial score (nSPS) is 20.0. The number of hydrogen-bond acceptors (Lipinski definition) is 5. The van der Waals surface area contributed by atoms with E-state index in [2.05, 4.69) is 22.1 Å². The molecule has 0 radical (unpaired) electrons. The van der Waals surface area contributed by atoms with Crippen molar-refractivity contribution in [3.63, 3.8) is 0 Å². The van der Waals surface area contributed by atoms with Crippen LogP contribution in [0.5, 0.6) is 0 Å². The van der Waals surface area contributed by atoms with E-state index in [4.69, 9.17) is 10.2 Å². The zero-order valence-corrected chi connectivity index (χ0v) is 12.6. The standard InChI is InChI=1S/C16H24N4O/c1-12-5-2-3-9-20(12)10-4-8-18-16-19-14-7-6-13(17)11-15(14)21-16/h6-7,11-12H,2-5,8-10,17H2,1H3,(H,18,19). The van der Waals surface area contributed by atoms with Crippen molar-refractivity contribution in [3.05, 3.63) is 18.2 Å². The van der Waals surface area contributed by atoms with Crippen LogP contribution >= 0.6 is 0 Å². The van der Waals surface area contributed by atoms with E-state index in [1.54, 1.807) is 0 Å². The van der Waals surface area contributed by atoms with E-state index in [9.17, 15) is 0 Å². The van der Waals surface area contributed by atoms with Gasteiger partial charge in [0.05, 0.1) is 0 Å². The fourth-order valence-corrected chi connectivity index (χ4v) is 2.98. The summed E-state index contributed by atoms with van der Waals surface area (Å²) in [7, 11) is 0. The molecule has 5 heteroatoms. The molecule has 1 aromatic carbocycles. The van der Waals surface area contributed by atoms with Crippen LogP contribution in [0.3, 0.4) is 0 Å². The molecule has 21 heavy (non-hydrogen) atoms. The number of nitrogens with zero attached hydrogens (tertiary/aromatic N) is 2. The van der Waals surface area contributed by atoms with Crippen LogP contribution in [0.25, 0.3) is 11.1 Å². The Labute approximate surface area is 125 Å². The summed E-state index contributed by atoms with van der Waals surface area (Å²) in [5, 5.41) is 3.26. The number of benzene rings is 1. The molecule has 1 fully saturated rings. The van der Waals surface area contributed by atoms with Crippen molar-refractivity contribution in [2.45, 2.75) is 38.6 Å². The Morgan fingerprint density at radius 2 is 2.33 bits per heavy atom. The number of nitrogens with one attached hydrogen (secondary N) is 1. The summed E-state index contributed by atoms with van der Waals surface area (Å²) < 4.78 is 5.65. The summed E-state index contributed by atoms with van der Waals surface area (Å²) in [5.74, 6) is 0.